The Morgan fingerprint density at radius 1 is 1.07 bits per heavy atom. The second kappa shape index (κ2) is 3.57. The smallest absolute Gasteiger partial charge is 0.394 e. The first-order valence-electron chi connectivity index (χ1n) is 4.95. The van der Waals surface area contributed by atoms with Crippen LogP contribution in [0.2, 0.25) is 0 Å². The third-order valence-corrected chi connectivity index (χ3v) is 3.10. The maximum Gasteiger partial charge on any atom is 0.394 e. The number of hydrogen-bond acceptors (Lipinski definition) is 3. The number of hydrogen-bond donors (Lipinski definition) is 1. The van der Waals surface area contributed by atoms with Crippen LogP contribution in [-0.2, 0) is 9.59 Å². The molecule has 0 unspecified atom stereocenters. The van der Waals surface area contributed by atoms with Crippen molar-refractivity contribution in [3.8, 4) is 0 Å². The molecule has 1 amide bonds. The summed E-state index contributed by atoms with van der Waals surface area (Å²) in [5.41, 5.74) is 0. The van der Waals surface area contributed by atoms with E-state index in [1.165, 1.54) is 4.90 Å². The van der Waals surface area contributed by atoms with Crippen LogP contribution in [0.4, 0.5) is 0 Å². The van der Waals surface area contributed by atoms with Crippen LogP contribution < -0.4 is 0 Å². The summed E-state index contributed by atoms with van der Waals surface area (Å²) in [4.78, 5) is 25.7. The molecule has 3 aliphatic rings. The zero-order chi connectivity index (χ0) is 10.1. The number of amides is 1. The van der Waals surface area contributed by atoms with Gasteiger partial charge in [-0.25, -0.2) is 4.79 Å². The average molecular weight is 198 g/mol. The van der Waals surface area contributed by atoms with Gasteiger partial charge >= 0.3 is 11.9 Å². The normalized spacial score (nSPS) is 31.3. The molecule has 0 atom stereocenters. The van der Waals surface area contributed by atoms with Crippen molar-refractivity contribution >= 4 is 11.9 Å². The predicted octanol–water partition coefficient (Wildman–Crippen LogP) is -0.622. The molecule has 0 spiro atoms. The van der Waals surface area contributed by atoms with Gasteiger partial charge in [0, 0.05) is 32.2 Å². The van der Waals surface area contributed by atoms with Crippen LogP contribution in [0.15, 0.2) is 0 Å². The Bertz CT molecular complexity index is 259. The third-order valence-electron chi connectivity index (χ3n) is 3.10. The van der Waals surface area contributed by atoms with E-state index in [1.54, 1.807) is 0 Å². The lowest BCUT2D eigenvalue weighted by atomic mass is 10.1. The quantitative estimate of drug-likeness (QED) is 0.527. The number of nitrogens with zero attached hydrogens (tertiary/aromatic N) is 2. The summed E-state index contributed by atoms with van der Waals surface area (Å²) in [6.45, 7) is 3.37. The molecule has 5 heteroatoms. The largest absolute Gasteiger partial charge is 0.474 e. The number of carbonyl (C=O) groups excluding carboxylic acids is 1. The molecule has 3 heterocycles. The van der Waals surface area contributed by atoms with Crippen molar-refractivity contribution in [2.45, 2.75) is 18.9 Å². The summed E-state index contributed by atoms with van der Waals surface area (Å²) in [5, 5.41) is 8.65. The van der Waals surface area contributed by atoms with Crippen LogP contribution in [0, 0.1) is 0 Å². The highest BCUT2D eigenvalue weighted by atomic mass is 16.4. The molecule has 0 aromatic rings. The van der Waals surface area contributed by atoms with Crippen LogP contribution in [0.1, 0.15) is 12.8 Å². The van der Waals surface area contributed by atoms with E-state index in [-0.39, 0.29) is 6.04 Å². The van der Waals surface area contributed by atoms with Crippen LogP contribution in [0.3, 0.4) is 0 Å². The zero-order valence-electron chi connectivity index (χ0n) is 7.98. The van der Waals surface area contributed by atoms with Crippen molar-refractivity contribution in [2.24, 2.45) is 0 Å². The van der Waals surface area contributed by atoms with Gasteiger partial charge in [-0.3, -0.25) is 4.79 Å². The molecule has 0 saturated carbocycles. The van der Waals surface area contributed by atoms with Gasteiger partial charge in [0.1, 0.15) is 0 Å². The Balaban J connectivity index is 2.11. The van der Waals surface area contributed by atoms with Gasteiger partial charge in [0.05, 0.1) is 0 Å². The molecule has 78 valence electrons. The molecule has 2 bridgehead atoms. The molecule has 0 aromatic heterocycles. The number of piperidine rings is 1. The molecule has 3 aliphatic heterocycles. The highest BCUT2D eigenvalue weighted by Crippen LogP contribution is 2.20. The molecule has 3 saturated heterocycles. The molecule has 0 aromatic carbocycles. The molecular weight excluding hydrogens is 184 g/mol. The van der Waals surface area contributed by atoms with Gasteiger partial charge in [-0.2, -0.15) is 0 Å². The minimum atomic E-state index is -1.33. The van der Waals surface area contributed by atoms with Crippen LogP contribution in [0.25, 0.3) is 0 Å². The summed E-state index contributed by atoms with van der Waals surface area (Å²) >= 11 is 0. The van der Waals surface area contributed by atoms with Gasteiger partial charge in [0.15, 0.2) is 0 Å². The van der Waals surface area contributed by atoms with Crippen molar-refractivity contribution < 1.29 is 14.7 Å². The fourth-order valence-electron chi connectivity index (χ4n) is 2.28. The van der Waals surface area contributed by atoms with Gasteiger partial charge < -0.3 is 14.9 Å². The molecule has 0 aliphatic carbocycles. The van der Waals surface area contributed by atoms with E-state index in [0.717, 1.165) is 32.5 Å². The number of rotatable bonds is 0. The third kappa shape index (κ3) is 1.59. The lowest BCUT2D eigenvalue weighted by molar-refractivity contribution is -0.157. The van der Waals surface area contributed by atoms with Crippen LogP contribution in [-0.4, -0.2) is 59.0 Å². The van der Waals surface area contributed by atoms with E-state index in [0.29, 0.717) is 6.54 Å². The number of aliphatic carboxylic acids is 1. The fourth-order valence-corrected chi connectivity index (χ4v) is 2.28. The van der Waals surface area contributed by atoms with Crippen molar-refractivity contribution in [2.75, 3.05) is 26.2 Å². The Morgan fingerprint density at radius 2 is 1.71 bits per heavy atom. The minimum absolute atomic E-state index is 0.150. The Morgan fingerprint density at radius 3 is 2.29 bits per heavy atom. The van der Waals surface area contributed by atoms with Gasteiger partial charge in [-0.1, -0.05) is 0 Å². The second-order valence-corrected chi connectivity index (χ2v) is 3.88. The lowest BCUT2D eigenvalue weighted by Crippen LogP contribution is -2.44. The Labute approximate surface area is 82.3 Å². The molecule has 14 heavy (non-hydrogen) atoms. The van der Waals surface area contributed by atoms with Crippen LogP contribution in [0.5, 0.6) is 0 Å². The average Bonchev–Trinajstić information content (AvgIpc) is 2.49. The van der Waals surface area contributed by atoms with Crippen molar-refractivity contribution in [3.05, 3.63) is 0 Å². The van der Waals surface area contributed by atoms with Gasteiger partial charge in [-0.15, -0.1) is 0 Å². The van der Waals surface area contributed by atoms with E-state index < -0.39 is 11.9 Å². The van der Waals surface area contributed by atoms with E-state index in [1.807, 2.05) is 0 Å². The van der Waals surface area contributed by atoms with Gasteiger partial charge in [-0.05, 0) is 12.8 Å². The fraction of sp³-hybridized carbons (Fsp3) is 0.778. The first-order chi connectivity index (χ1) is 6.68. The summed E-state index contributed by atoms with van der Waals surface area (Å²) < 4.78 is 0. The molecule has 1 N–H and O–H groups in total. The van der Waals surface area contributed by atoms with E-state index in [9.17, 15) is 9.59 Å². The number of fused-ring (bicyclic) bond motifs is 4. The Kier molecular flexibility index (Phi) is 2.41. The van der Waals surface area contributed by atoms with Gasteiger partial charge in [0.2, 0.25) is 0 Å². The first-order valence-corrected chi connectivity index (χ1v) is 4.95. The SMILES string of the molecule is O=C(O)C(=O)N1CCN2CCC1CC2. The zero-order valence-corrected chi connectivity index (χ0v) is 7.98. The molecule has 3 rings (SSSR count). The summed E-state index contributed by atoms with van der Waals surface area (Å²) in [7, 11) is 0. The second-order valence-electron chi connectivity index (χ2n) is 3.88. The van der Waals surface area contributed by atoms with E-state index in [2.05, 4.69) is 4.90 Å². The molecular formula is C9H14N2O3. The Hall–Kier alpha value is -1.10. The van der Waals surface area contributed by atoms with Gasteiger partial charge in [0.25, 0.3) is 0 Å². The van der Waals surface area contributed by atoms with Crippen molar-refractivity contribution in [1.82, 2.24) is 9.80 Å². The summed E-state index contributed by atoms with van der Waals surface area (Å²) in [5.74, 6) is -2.07. The number of carboxylic acid groups (broad SMARTS) is 1. The standard InChI is InChI=1S/C9H14N2O3/c12-8(9(13)14)11-6-5-10-3-1-7(11)2-4-10/h7H,1-6H2,(H,13,14). The van der Waals surface area contributed by atoms with E-state index >= 15 is 0 Å². The summed E-state index contributed by atoms with van der Waals surface area (Å²) in [6, 6.07) is 0.150. The highest BCUT2D eigenvalue weighted by molar-refractivity contribution is 6.31. The molecule has 5 nitrogen and oxygen atoms in total. The molecule has 0 radical (unpaired) electrons. The van der Waals surface area contributed by atoms with E-state index in [4.69, 9.17) is 5.11 Å². The number of carbonyl (C=O) groups is 2. The number of carboxylic acids is 1. The monoisotopic (exact) mass is 198 g/mol. The predicted molar refractivity (Wildman–Crippen MR) is 48.8 cm³/mol. The minimum Gasteiger partial charge on any atom is -0.474 e. The van der Waals surface area contributed by atoms with Crippen molar-refractivity contribution in [1.29, 1.82) is 0 Å². The lowest BCUT2D eigenvalue weighted by Gasteiger charge is -2.30. The topological polar surface area (TPSA) is 60.9 Å². The first kappa shape index (κ1) is 9.45. The molecule has 3 fully saturated rings. The van der Waals surface area contributed by atoms with Crippen LogP contribution >= 0.6 is 0 Å². The summed E-state index contributed by atoms with van der Waals surface area (Å²) in [6.07, 6.45) is 1.83. The maximum atomic E-state index is 11.3. The highest BCUT2D eigenvalue weighted by Gasteiger charge is 2.34. The van der Waals surface area contributed by atoms with Crippen molar-refractivity contribution in [3.63, 3.8) is 0 Å². The maximum absolute atomic E-state index is 11.3.